The molecule has 7 nitrogen and oxygen atoms in total. The van der Waals surface area contributed by atoms with Gasteiger partial charge in [-0.1, -0.05) is 149 Å². The van der Waals surface area contributed by atoms with Gasteiger partial charge in [-0.05, 0) is 63.4 Å². The molecule has 52 heavy (non-hydrogen) atoms. The van der Waals surface area contributed by atoms with Gasteiger partial charge in [0.05, 0.1) is 18.5 Å². The first-order valence-electron chi connectivity index (χ1n) is 18.7. The molecule has 7 rings (SSSR count). The molecule has 2 N–H and O–H groups in total. The van der Waals surface area contributed by atoms with E-state index in [2.05, 4.69) is 159 Å². The number of fused-ring (bicyclic) bond motifs is 1. The van der Waals surface area contributed by atoms with Gasteiger partial charge in [-0.2, -0.15) is 0 Å². The highest BCUT2D eigenvalue weighted by Gasteiger charge is 2.51. The van der Waals surface area contributed by atoms with Crippen LogP contribution in [-0.2, 0) is 14.4 Å². The lowest BCUT2D eigenvalue weighted by molar-refractivity contribution is -0.00474. The molecule has 2 aromatic heterocycles. The summed E-state index contributed by atoms with van der Waals surface area (Å²) < 4.78 is 17.2. The molecule has 1 aliphatic carbocycles. The molecule has 0 radical (unpaired) electrons. The van der Waals surface area contributed by atoms with Crippen molar-refractivity contribution < 1.29 is 8.85 Å². The largest absolute Gasteiger partial charge is 0.408 e. The van der Waals surface area contributed by atoms with Gasteiger partial charge in [0, 0.05) is 6.61 Å². The van der Waals surface area contributed by atoms with Crippen molar-refractivity contribution in [3.63, 3.8) is 0 Å². The van der Waals surface area contributed by atoms with Gasteiger partial charge >= 0.3 is 0 Å². The maximum atomic E-state index is 7.59. The van der Waals surface area contributed by atoms with Gasteiger partial charge in [0.1, 0.15) is 11.8 Å². The Morgan fingerprint density at radius 3 is 1.54 bits per heavy atom. The van der Waals surface area contributed by atoms with Crippen LogP contribution in [0.15, 0.2) is 134 Å². The zero-order valence-electron chi connectivity index (χ0n) is 30.9. The molecule has 6 aromatic rings. The number of nitrogens with two attached hydrogens (primary N) is 1. The van der Waals surface area contributed by atoms with Gasteiger partial charge in [-0.15, -0.1) is 0 Å². The highest BCUT2D eigenvalue weighted by molar-refractivity contribution is 6.98. The predicted octanol–water partition coefficient (Wildman–Crippen LogP) is 6.38. The van der Waals surface area contributed by atoms with E-state index in [1.165, 1.54) is 20.7 Å². The van der Waals surface area contributed by atoms with E-state index in [1.807, 2.05) is 6.33 Å². The zero-order valence-corrected chi connectivity index (χ0v) is 32.9. The van der Waals surface area contributed by atoms with Crippen molar-refractivity contribution in [2.45, 2.75) is 58.2 Å². The lowest BCUT2D eigenvalue weighted by Gasteiger charge is -2.51. The van der Waals surface area contributed by atoms with Crippen molar-refractivity contribution in [3.05, 3.63) is 134 Å². The first kappa shape index (κ1) is 36.0. The minimum absolute atomic E-state index is 0.335. The highest BCUT2D eigenvalue weighted by Crippen LogP contribution is 2.47. The highest BCUT2D eigenvalue weighted by atomic mass is 28.4. The van der Waals surface area contributed by atoms with Crippen LogP contribution in [0.3, 0.4) is 0 Å². The topological polar surface area (TPSA) is 88.1 Å². The number of hydrogen-bond acceptors (Lipinski definition) is 6. The van der Waals surface area contributed by atoms with Crippen molar-refractivity contribution >= 4 is 54.4 Å². The summed E-state index contributed by atoms with van der Waals surface area (Å²) in [6.45, 7) is 10.5. The molecular weight excluding hydrogens is 675 g/mol. The van der Waals surface area contributed by atoms with Crippen LogP contribution in [0.25, 0.3) is 11.2 Å². The monoisotopic (exact) mass is 725 g/mol. The summed E-state index contributed by atoms with van der Waals surface area (Å²) in [5.74, 6) is 1.66. The number of anilines is 1. The third-order valence-corrected chi connectivity index (χ3v) is 19.9. The summed E-state index contributed by atoms with van der Waals surface area (Å²) in [6.07, 6.45) is 5.21. The molecule has 9 heteroatoms. The summed E-state index contributed by atoms with van der Waals surface area (Å²) in [6, 6.07) is 45.7. The molecule has 0 aliphatic heterocycles. The minimum Gasteiger partial charge on any atom is -0.408 e. The van der Waals surface area contributed by atoms with Crippen LogP contribution < -0.4 is 26.5 Å². The van der Waals surface area contributed by atoms with Gasteiger partial charge in [0.2, 0.25) is 0 Å². The first-order valence-corrected chi connectivity index (χ1v) is 22.9. The van der Waals surface area contributed by atoms with Crippen LogP contribution in [0.4, 0.5) is 5.82 Å². The number of aromatic nitrogens is 4. The third kappa shape index (κ3) is 7.02. The van der Waals surface area contributed by atoms with Crippen LogP contribution in [0.1, 0.15) is 40.5 Å². The zero-order chi connectivity index (χ0) is 36.2. The lowest BCUT2D eigenvalue weighted by atomic mass is 9.69. The van der Waals surface area contributed by atoms with Crippen LogP contribution in [0.2, 0.25) is 12.1 Å². The van der Waals surface area contributed by atoms with Crippen LogP contribution >= 0.6 is 0 Å². The number of nitrogens with zero attached hydrogens (tertiary/aromatic N) is 4. The number of imidazole rings is 1. The molecule has 1 aliphatic rings. The third-order valence-electron chi connectivity index (χ3n) is 10.7. The summed E-state index contributed by atoms with van der Waals surface area (Å²) in [4.78, 5) is 13.7. The Balaban J connectivity index is 1.25. The van der Waals surface area contributed by atoms with Crippen molar-refractivity contribution in [2.24, 2.45) is 17.8 Å². The number of rotatable bonds is 15. The molecule has 0 bridgehead atoms. The molecule has 1 saturated carbocycles. The summed E-state index contributed by atoms with van der Waals surface area (Å²) in [5, 5.41) is 5.24. The second kappa shape index (κ2) is 15.3. The molecule has 0 amide bonds. The van der Waals surface area contributed by atoms with E-state index >= 15 is 0 Å². The quantitative estimate of drug-likeness (QED) is 0.124. The molecule has 0 saturated heterocycles. The molecule has 0 atom stereocenters. The van der Waals surface area contributed by atoms with E-state index in [4.69, 9.17) is 24.6 Å². The maximum Gasteiger partial charge on any atom is 0.256 e. The van der Waals surface area contributed by atoms with Crippen molar-refractivity contribution in [1.29, 1.82) is 0 Å². The van der Waals surface area contributed by atoms with E-state index < -0.39 is 16.6 Å². The molecule has 1 fully saturated rings. The minimum atomic E-state index is -2.69. The van der Waals surface area contributed by atoms with Crippen LogP contribution in [0, 0.1) is 17.8 Å². The Morgan fingerprint density at radius 2 is 1.10 bits per heavy atom. The standard InChI is InChI=1S/C43H51N5O2Si2/c1-33(2)28-51(36-17-9-5-10-18-36,37-19-11-6-12-20-37)49-27-35-25-43(26-35,48-32-47-40-41(44)45-31-46-42(40)48)30-50-52(29-34(3)4,38-21-13-7-14-22-38)39-23-15-8-16-24-39/h5-24,31-35H,25-30H2,1-4H3,(H2,44,45,46). The molecule has 268 valence electrons. The van der Waals surface area contributed by atoms with E-state index in [-0.39, 0.29) is 5.54 Å². The first-order chi connectivity index (χ1) is 25.2. The lowest BCUT2D eigenvalue weighted by Crippen LogP contribution is -2.65. The van der Waals surface area contributed by atoms with Crippen molar-refractivity contribution in [2.75, 3.05) is 18.9 Å². The van der Waals surface area contributed by atoms with Gasteiger partial charge in [0.25, 0.3) is 16.6 Å². The van der Waals surface area contributed by atoms with Gasteiger partial charge < -0.3 is 19.2 Å². The van der Waals surface area contributed by atoms with E-state index in [9.17, 15) is 0 Å². The Labute approximate surface area is 310 Å². The molecule has 0 spiro atoms. The van der Waals surface area contributed by atoms with Gasteiger partial charge in [0.15, 0.2) is 11.5 Å². The second-order valence-electron chi connectivity index (χ2n) is 15.5. The fourth-order valence-electron chi connectivity index (χ4n) is 8.47. The predicted molar refractivity (Wildman–Crippen MR) is 217 cm³/mol. The number of hydrogen-bond donors (Lipinski definition) is 1. The maximum absolute atomic E-state index is 7.59. The Hall–Kier alpha value is -4.42. The van der Waals surface area contributed by atoms with Crippen LogP contribution in [0.5, 0.6) is 0 Å². The van der Waals surface area contributed by atoms with E-state index in [1.54, 1.807) is 6.33 Å². The Bertz CT molecular complexity index is 1960. The number of benzene rings is 4. The average molecular weight is 726 g/mol. The van der Waals surface area contributed by atoms with Gasteiger partial charge in [-0.25, -0.2) is 15.0 Å². The normalized spacial score (nSPS) is 17.8. The molecule has 4 aromatic carbocycles. The van der Waals surface area contributed by atoms with E-state index in [0.717, 1.165) is 30.6 Å². The SMILES string of the molecule is CC(C)C[Si](OCC1CC(CO[Si](CC(C)C)(c2ccccc2)c2ccccc2)(n2cnc3c(N)ncnc32)C1)(c1ccccc1)c1ccccc1. The fraction of sp³-hybridized carbons (Fsp3) is 0.326. The number of nitrogen functional groups attached to an aromatic ring is 1. The van der Waals surface area contributed by atoms with Crippen molar-refractivity contribution in [1.82, 2.24) is 19.5 Å². The fourth-order valence-corrected chi connectivity index (χ4v) is 17.2. The second-order valence-corrected chi connectivity index (χ2v) is 22.5. The smallest absolute Gasteiger partial charge is 0.256 e. The summed E-state index contributed by atoms with van der Waals surface area (Å²) in [5.41, 5.74) is 7.34. The van der Waals surface area contributed by atoms with Crippen LogP contribution in [-0.4, -0.2) is 49.4 Å². The molecular formula is C43H51N5O2Si2. The van der Waals surface area contributed by atoms with E-state index in [0.29, 0.717) is 42.3 Å². The van der Waals surface area contributed by atoms with Crippen molar-refractivity contribution in [3.8, 4) is 0 Å². The Morgan fingerprint density at radius 1 is 0.654 bits per heavy atom. The molecule has 2 heterocycles. The average Bonchev–Trinajstić information content (AvgIpc) is 3.60. The summed E-state index contributed by atoms with van der Waals surface area (Å²) in [7, 11) is -5.24. The Kier molecular flexibility index (Phi) is 10.6. The molecule has 0 unspecified atom stereocenters. The summed E-state index contributed by atoms with van der Waals surface area (Å²) >= 11 is 0. The van der Waals surface area contributed by atoms with Gasteiger partial charge in [-0.3, -0.25) is 0 Å².